The van der Waals surface area contributed by atoms with Gasteiger partial charge < -0.3 is 10.6 Å². The first-order chi connectivity index (χ1) is 9.04. The zero-order valence-corrected chi connectivity index (χ0v) is 11.5. The number of carbonyl (C=O) groups excluding carboxylic acids is 2. The average molecular weight is 260 g/mol. The van der Waals surface area contributed by atoms with E-state index in [9.17, 15) is 9.59 Å². The summed E-state index contributed by atoms with van der Waals surface area (Å²) in [5, 5.41) is 0. The van der Waals surface area contributed by atoms with E-state index in [2.05, 4.69) is 0 Å². The molecular formula is C15H20N2O2. The van der Waals surface area contributed by atoms with Crippen LogP contribution in [0.3, 0.4) is 0 Å². The van der Waals surface area contributed by atoms with Gasteiger partial charge in [0, 0.05) is 23.7 Å². The van der Waals surface area contributed by atoms with Gasteiger partial charge in [0.2, 0.25) is 5.91 Å². The number of nitrogens with two attached hydrogens (primary N) is 1. The zero-order chi connectivity index (χ0) is 14.0. The third-order valence-corrected chi connectivity index (χ3v) is 3.41. The van der Waals surface area contributed by atoms with E-state index in [0.29, 0.717) is 25.1 Å². The predicted molar refractivity (Wildman–Crippen MR) is 75.3 cm³/mol. The maximum atomic E-state index is 12.0. The van der Waals surface area contributed by atoms with Gasteiger partial charge in [-0.2, -0.15) is 0 Å². The summed E-state index contributed by atoms with van der Waals surface area (Å²) in [5.41, 5.74) is 8.06. The molecule has 0 saturated heterocycles. The number of ketones is 1. The van der Waals surface area contributed by atoms with Gasteiger partial charge in [0.1, 0.15) is 0 Å². The molecule has 1 amide bonds. The van der Waals surface area contributed by atoms with Gasteiger partial charge in [-0.1, -0.05) is 13.8 Å². The fraction of sp³-hybridized carbons (Fsp3) is 0.467. The van der Waals surface area contributed by atoms with E-state index in [4.69, 9.17) is 5.73 Å². The van der Waals surface area contributed by atoms with E-state index < -0.39 is 0 Å². The van der Waals surface area contributed by atoms with Crippen LogP contribution in [0.1, 0.15) is 36.2 Å². The monoisotopic (exact) mass is 260 g/mol. The number of hydrogen-bond acceptors (Lipinski definition) is 3. The Kier molecular flexibility index (Phi) is 4.00. The summed E-state index contributed by atoms with van der Waals surface area (Å²) in [4.78, 5) is 25.7. The smallest absolute Gasteiger partial charge is 0.231 e. The van der Waals surface area contributed by atoms with Crippen LogP contribution >= 0.6 is 0 Å². The van der Waals surface area contributed by atoms with E-state index >= 15 is 0 Å². The molecule has 19 heavy (non-hydrogen) atoms. The summed E-state index contributed by atoms with van der Waals surface area (Å²) in [7, 11) is 0. The molecule has 0 unspecified atom stereocenters. The number of amides is 1. The fourth-order valence-electron chi connectivity index (χ4n) is 2.36. The lowest BCUT2D eigenvalue weighted by molar-refractivity contribution is -0.117. The second-order valence-corrected chi connectivity index (χ2v) is 5.23. The molecule has 2 N–H and O–H groups in total. The maximum Gasteiger partial charge on any atom is 0.231 e. The number of rotatable bonds is 5. The molecule has 1 aromatic rings. The third-order valence-electron chi connectivity index (χ3n) is 3.41. The molecule has 0 aromatic heterocycles. The average Bonchev–Trinajstić information content (AvgIpc) is 2.70. The van der Waals surface area contributed by atoms with Gasteiger partial charge in [0.05, 0.1) is 6.42 Å². The van der Waals surface area contributed by atoms with Crippen molar-refractivity contribution in [3.8, 4) is 0 Å². The van der Waals surface area contributed by atoms with Crippen LogP contribution in [0.5, 0.6) is 0 Å². The van der Waals surface area contributed by atoms with Gasteiger partial charge >= 0.3 is 0 Å². The van der Waals surface area contributed by atoms with Gasteiger partial charge in [0.15, 0.2) is 5.78 Å². The number of nitrogens with zero attached hydrogens (tertiary/aromatic N) is 1. The number of fused-ring (bicyclic) bond motifs is 1. The Hall–Kier alpha value is -1.68. The van der Waals surface area contributed by atoms with Crippen LogP contribution in [0.2, 0.25) is 0 Å². The molecule has 0 saturated carbocycles. The molecule has 0 fully saturated rings. The first-order valence-corrected chi connectivity index (χ1v) is 6.72. The van der Waals surface area contributed by atoms with Crippen LogP contribution in [0.25, 0.3) is 0 Å². The molecular weight excluding hydrogens is 240 g/mol. The molecule has 0 spiro atoms. The Balaban J connectivity index is 2.26. The summed E-state index contributed by atoms with van der Waals surface area (Å²) in [6.45, 7) is 4.99. The molecule has 0 aliphatic carbocycles. The van der Waals surface area contributed by atoms with Crippen molar-refractivity contribution in [2.24, 2.45) is 11.7 Å². The first kappa shape index (κ1) is 13.7. The Morgan fingerprint density at radius 2 is 2.16 bits per heavy atom. The number of Topliss-reactive ketones (excluding diaryl/α,β-unsaturated/α-hetero) is 1. The van der Waals surface area contributed by atoms with E-state index in [0.717, 1.165) is 17.7 Å². The molecule has 102 valence electrons. The summed E-state index contributed by atoms with van der Waals surface area (Å²) in [6, 6.07) is 5.56. The Morgan fingerprint density at radius 1 is 1.42 bits per heavy atom. The fourth-order valence-corrected chi connectivity index (χ4v) is 2.36. The summed E-state index contributed by atoms with van der Waals surface area (Å²) in [6.07, 6.45) is 1.18. The van der Waals surface area contributed by atoms with E-state index in [1.54, 1.807) is 4.90 Å². The van der Waals surface area contributed by atoms with Crippen molar-refractivity contribution in [1.82, 2.24) is 0 Å². The van der Waals surface area contributed by atoms with Gasteiger partial charge in [-0.15, -0.1) is 0 Å². The van der Waals surface area contributed by atoms with E-state index in [1.807, 2.05) is 32.0 Å². The van der Waals surface area contributed by atoms with Crippen LogP contribution < -0.4 is 10.6 Å². The molecule has 4 nitrogen and oxygen atoms in total. The molecule has 4 heteroatoms. The van der Waals surface area contributed by atoms with Gasteiger partial charge in [-0.25, -0.2) is 0 Å². The number of anilines is 1. The Labute approximate surface area is 113 Å². The van der Waals surface area contributed by atoms with E-state index in [1.165, 1.54) is 0 Å². The highest BCUT2D eigenvalue weighted by Gasteiger charge is 2.27. The van der Waals surface area contributed by atoms with E-state index in [-0.39, 0.29) is 17.6 Å². The molecule has 1 heterocycles. The summed E-state index contributed by atoms with van der Waals surface area (Å²) < 4.78 is 0. The van der Waals surface area contributed by atoms with Gasteiger partial charge in [-0.05, 0) is 36.7 Å². The molecule has 2 rings (SSSR count). The van der Waals surface area contributed by atoms with Crippen LogP contribution in [0.4, 0.5) is 5.69 Å². The Bertz CT molecular complexity index is 509. The highest BCUT2D eigenvalue weighted by molar-refractivity contribution is 6.04. The van der Waals surface area contributed by atoms with Crippen LogP contribution in [-0.4, -0.2) is 24.8 Å². The summed E-state index contributed by atoms with van der Waals surface area (Å²) >= 11 is 0. The lowest BCUT2D eigenvalue weighted by Gasteiger charge is -2.17. The van der Waals surface area contributed by atoms with Crippen molar-refractivity contribution in [2.45, 2.75) is 26.7 Å². The lowest BCUT2D eigenvalue weighted by atomic mass is 9.98. The highest BCUT2D eigenvalue weighted by atomic mass is 16.2. The Morgan fingerprint density at radius 3 is 2.79 bits per heavy atom. The topological polar surface area (TPSA) is 63.4 Å². The van der Waals surface area contributed by atoms with Crippen LogP contribution in [0, 0.1) is 5.92 Å². The van der Waals surface area contributed by atoms with Crippen molar-refractivity contribution in [3.05, 3.63) is 29.3 Å². The van der Waals surface area contributed by atoms with Gasteiger partial charge in [0.25, 0.3) is 0 Å². The van der Waals surface area contributed by atoms with Crippen LogP contribution in [0.15, 0.2) is 18.2 Å². The van der Waals surface area contributed by atoms with Crippen molar-refractivity contribution < 1.29 is 9.59 Å². The molecule has 0 atom stereocenters. The molecule has 1 aliphatic rings. The summed E-state index contributed by atoms with van der Waals surface area (Å²) in [5.74, 6) is 0.191. The molecule has 1 aromatic carbocycles. The first-order valence-electron chi connectivity index (χ1n) is 6.72. The van der Waals surface area contributed by atoms with Gasteiger partial charge in [-0.3, -0.25) is 9.59 Å². The van der Waals surface area contributed by atoms with Crippen LogP contribution in [-0.2, 0) is 11.2 Å². The zero-order valence-electron chi connectivity index (χ0n) is 11.5. The lowest BCUT2D eigenvalue weighted by Crippen LogP contribution is -2.29. The third kappa shape index (κ3) is 2.68. The number of carbonyl (C=O) groups is 2. The van der Waals surface area contributed by atoms with Crippen molar-refractivity contribution in [3.63, 3.8) is 0 Å². The molecule has 0 radical (unpaired) electrons. The maximum absolute atomic E-state index is 12.0. The molecule has 1 aliphatic heterocycles. The van der Waals surface area contributed by atoms with Crippen molar-refractivity contribution in [2.75, 3.05) is 18.0 Å². The van der Waals surface area contributed by atoms with Crippen molar-refractivity contribution >= 4 is 17.4 Å². The second kappa shape index (κ2) is 5.53. The standard InChI is InChI=1S/C15H20N2O2/c1-10(2)15(19)11-4-5-13-12(8-11)9-14(18)17(13)7-3-6-16/h4-5,8,10H,3,6-7,9,16H2,1-2H3. The minimum atomic E-state index is -0.0245. The molecule has 0 bridgehead atoms. The minimum Gasteiger partial charge on any atom is -0.330 e. The number of benzene rings is 1. The minimum absolute atomic E-state index is 0.0245. The predicted octanol–water partition coefficient (Wildman–Crippen LogP) is 1.76. The quantitative estimate of drug-likeness (QED) is 0.821. The normalized spacial score (nSPS) is 14.1. The number of hydrogen-bond donors (Lipinski definition) is 1. The highest BCUT2D eigenvalue weighted by Crippen LogP contribution is 2.30. The SMILES string of the molecule is CC(C)C(=O)c1ccc2c(c1)CC(=O)N2CCCN. The largest absolute Gasteiger partial charge is 0.330 e. The van der Waals surface area contributed by atoms with Crippen molar-refractivity contribution in [1.29, 1.82) is 0 Å². The second-order valence-electron chi connectivity index (χ2n) is 5.23.